The summed E-state index contributed by atoms with van der Waals surface area (Å²) in [6.07, 6.45) is 6.04. The molecule has 2 bridgehead atoms. The molecule has 1 aromatic carbocycles. The minimum absolute atomic E-state index is 0.0530. The zero-order valence-electron chi connectivity index (χ0n) is 27.7. The van der Waals surface area contributed by atoms with Crippen LogP contribution in [0.2, 0.25) is 0 Å². The Hall–Kier alpha value is -3.04. The Labute approximate surface area is 268 Å². The van der Waals surface area contributed by atoms with Gasteiger partial charge in [-0.05, 0) is 61.5 Å². The lowest BCUT2D eigenvalue weighted by atomic mass is 9.44. The zero-order valence-corrected chi connectivity index (χ0v) is 27.7. The molecule has 6 rings (SSSR count). The molecule has 0 unspecified atom stereocenters. The number of piperazine rings is 1. The Kier molecular flexibility index (Phi) is 8.48. The van der Waals surface area contributed by atoms with E-state index in [0.717, 1.165) is 51.1 Å². The van der Waals surface area contributed by atoms with Gasteiger partial charge in [-0.3, -0.25) is 14.5 Å². The number of ketones is 1. The SMILES string of the molecule is C=C[C@]1(C)C[C@@H](OC(=O)Cn2cc(CN3CCN(c4ccccc4C)CC3)nn2)[C@@]2(C)[C@@H]3C(=O)CC[C@@]3(CC[C@@H]2C)[C@@H](C)[C@@H]1O. The highest BCUT2D eigenvalue weighted by Gasteiger charge is 2.68. The molecule has 0 spiro atoms. The summed E-state index contributed by atoms with van der Waals surface area (Å²) in [5, 5.41) is 20.4. The van der Waals surface area contributed by atoms with Gasteiger partial charge in [-0.15, -0.1) is 11.7 Å². The second-order valence-corrected chi connectivity index (χ2v) is 15.0. The summed E-state index contributed by atoms with van der Waals surface area (Å²) < 4.78 is 7.95. The van der Waals surface area contributed by atoms with E-state index in [4.69, 9.17) is 4.74 Å². The molecule has 45 heavy (non-hydrogen) atoms. The molecule has 2 heterocycles. The van der Waals surface area contributed by atoms with Gasteiger partial charge in [0.25, 0.3) is 0 Å². The predicted octanol–water partition coefficient (Wildman–Crippen LogP) is 4.82. The first kappa shape index (κ1) is 31.9. The number of carbonyl (C=O) groups is 2. The van der Waals surface area contributed by atoms with Crippen LogP contribution in [0.5, 0.6) is 0 Å². The summed E-state index contributed by atoms with van der Waals surface area (Å²) in [5.41, 5.74) is 1.93. The molecule has 3 saturated carbocycles. The number of aryl methyl sites for hydroxylation is 1. The molecular weight excluding hydrogens is 566 g/mol. The highest BCUT2D eigenvalue weighted by molar-refractivity contribution is 5.85. The molecule has 244 valence electrons. The number of benzene rings is 1. The number of nitrogens with zero attached hydrogens (tertiary/aromatic N) is 5. The molecule has 1 N–H and O–H groups in total. The number of aliphatic hydroxyl groups is 1. The molecule has 1 saturated heterocycles. The fourth-order valence-corrected chi connectivity index (χ4v) is 9.61. The van der Waals surface area contributed by atoms with Gasteiger partial charge in [-0.25, -0.2) is 4.68 Å². The summed E-state index contributed by atoms with van der Waals surface area (Å²) in [7, 11) is 0. The van der Waals surface area contributed by atoms with Crippen molar-refractivity contribution >= 4 is 17.4 Å². The Morgan fingerprint density at radius 2 is 1.89 bits per heavy atom. The maximum atomic E-state index is 13.6. The average molecular weight is 618 g/mol. The van der Waals surface area contributed by atoms with Crippen molar-refractivity contribution in [3.8, 4) is 0 Å². The van der Waals surface area contributed by atoms with E-state index >= 15 is 0 Å². The van der Waals surface area contributed by atoms with Gasteiger partial charge in [-0.2, -0.15) is 0 Å². The van der Waals surface area contributed by atoms with Crippen LogP contribution in [0.1, 0.15) is 71.1 Å². The molecule has 3 aliphatic carbocycles. The number of rotatable bonds is 7. The highest BCUT2D eigenvalue weighted by atomic mass is 16.5. The van der Waals surface area contributed by atoms with E-state index in [1.807, 2.05) is 19.2 Å². The molecule has 2 aromatic rings. The van der Waals surface area contributed by atoms with Crippen LogP contribution in [0.15, 0.2) is 43.1 Å². The zero-order chi connectivity index (χ0) is 32.1. The number of hydrogen-bond acceptors (Lipinski definition) is 8. The summed E-state index contributed by atoms with van der Waals surface area (Å²) >= 11 is 0. The van der Waals surface area contributed by atoms with Crippen molar-refractivity contribution in [2.24, 2.45) is 34.0 Å². The Morgan fingerprint density at radius 1 is 1.16 bits per heavy atom. The molecule has 0 amide bonds. The van der Waals surface area contributed by atoms with Gasteiger partial charge < -0.3 is 14.7 Å². The number of hydrogen-bond donors (Lipinski definition) is 1. The first-order chi connectivity index (χ1) is 21.4. The van der Waals surface area contributed by atoms with E-state index < -0.39 is 29.0 Å². The summed E-state index contributed by atoms with van der Waals surface area (Å²) in [5.74, 6) is -0.245. The van der Waals surface area contributed by atoms with Crippen LogP contribution in [0.25, 0.3) is 0 Å². The number of ether oxygens (including phenoxy) is 1. The van der Waals surface area contributed by atoms with E-state index in [-0.39, 0.29) is 35.5 Å². The van der Waals surface area contributed by atoms with Crippen LogP contribution in [0.4, 0.5) is 5.69 Å². The molecule has 9 nitrogen and oxygen atoms in total. The Bertz CT molecular complexity index is 1430. The van der Waals surface area contributed by atoms with E-state index in [1.165, 1.54) is 11.3 Å². The van der Waals surface area contributed by atoms with Crippen LogP contribution in [0.3, 0.4) is 0 Å². The van der Waals surface area contributed by atoms with Crippen molar-refractivity contribution < 1.29 is 19.4 Å². The number of para-hydroxylation sites is 1. The summed E-state index contributed by atoms with van der Waals surface area (Å²) in [4.78, 5) is 32.0. The van der Waals surface area contributed by atoms with Crippen LogP contribution in [0, 0.1) is 40.9 Å². The molecule has 1 aromatic heterocycles. The third kappa shape index (κ3) is 5.43. The third-order valence-electron chi connectivity index (χ3n) is 12.7. The van der Waals surface area contributed by atoms with Gasteiger partial charge in [0.1, 0.15) is 18.4 Å². The van der Waals surface area contributed by atoms with E-state index in [2.05, 4.69) is 78.7 Å². The number of esters is 1. The fraction of sp³-hybridized carbons (Fsp3) is 0.667. The normalized spacial score (nSPS) is 37.1. The van der Waals surface area contributed by atoms with Gasteiger partial charge in [0.05, 0.1) is 18.0 Å². The topological polar surface area (TPSA) is 101 Å². The first-order valence-corrected chi connectivity index (χ1v) is 16.9. The highest BCUT2D eigenvalue weighted by Crippen LogP contribution is 2.68. The van der Waals surface area contributed by atoms with Crippen molar-refractivity contribution in [1.29, 1.82) is 0 Å². The molecule has 0 radical (unpaired) electrons. The lowest BCUT2D eigenvalue weighted by Crippen LogP contribution is -2.63. The van der Waals surface area contributed by atoms with Crippen LogP contribution in [-0.4, -0.2) is 75.1 Å². The average Bonchev–Trinajstić information content (AvgIpc) is 3.62. The Balaban J connectivity index is 1.14. The van der Waals surface area contributed by atoms with Crippen LogP contribution in [-0.2, 0) is 27.4 Å². The Morgan fingerprint density at radius 3 is 2.60 bits per heavy atom. The smallest absolute Gasteiger partial charge is 0.328 e. The van der Waals surface area contributed by atoms with Crippen molar-refractivity contribution in [3.05, 3.63) is 54.4 Å². The predicted molar refractivity (Wildman–Crippen MR) is 173 cm³/mol. The summed E-state index contributed by atoms with van der Waals surface area (Å²) in [6, 6.07) is 8.51. The minimum atomic E-state index is -0.681. The molecule has 4 aliphatic rings. The quantitative estimate of drug-likeness (QED) is 0.349. The largest absolute Gasteiger partial charge is 0.460 e. The van der Waals surface area contributed by atoms with Crippen molar-refractivity contribution in [3.63, 3.8) is 0 Å². The molecule has 1 aliphatic heterocycles. The molecule has 4 fully saturated rings. The number of carbonyl (C=O) groups excluding carboxylic acids is 2. The minimum Gasteiger partial charge on any atom is -0.460 e. The standard InChI is InChI=1S/C36H51N5O4/c1-7-34(5)20-30(35(6)25(3)12-14-36(26(4)33(34)44)15-13-29(42)32(35)36)45-31(43)23-41-22-27(37-38-41)21-39-16-18-40(19-17-39)28-11-9-8-10-24(28)2/h7-11,22,25-26,30,32-33,44H,1,12-21,23H2,2-6H3/t25-,26-,30+,32-,33-,34+,35-,36-/m0/s1. The van der Waals surface area contributed by atoms with Crippen molar-refractivity contribution in [2.75, 3.05) is 31.1 Å². The number of aliphatic hydroxyl groups excluding tert-OH is 1. The number of aromatic nitrogens is 3. The molecule has 8 atom stereocenters. The van der Waals surface area contributed by atoms with Gasteiger partial charge in [0, 0.05) is 61.6 Å². The number of Topliss-reactive ketones (excluding diaryl/α,β-unsaturated/α-hetero) is 1. The monoisotopic (exact) mass is 617 g/mol. The third-order valence-corrected chi connectivity index (χ3v) is 12.7. The molecule has 9 heteroatoms. The maximum absolute atomic E-state index is 13.6. The second kappa shape index (κ2) is 12.0. The lowest BCUT2D eigenvalue weighted by molar-refractivity contribution is -0.207. The van der Waals surface area contributed by atoms with Crippen molar-refractivity contribution in [1.82, 2.24) is 19.9 Å². The van der Waals surface area contributed by atoms with Crippen molar-refractivity contribution in [2.45, 2.75) is 92.0 Å². The van der Waals surface area contributed by atoms with Gasteiger partial charge in [0.15, 0.2) is 0 Å². The maximum Gasteiger partial charge on any atom is 0.328 e. The van der Waals surface area contributed by atoms with Gasteiger partial charge >= 0.3 is 5.97 Å². The fourth-order valence-electron chi connectivity index (χ4n) is 9.61. The second-order valence-electron chi connectivity index (χ2n) is 15.0. The number of anilines is 1. The van der Waals surface area contributed by atoms with Gasteiger partial charge in [0.2, 0.25) is 0 Å². The van der Waals surface area contributed by atoms with E-state index in [0.29, 0.717) is 19.4 Å². The van der Waals surface area contributed by atoms with E-state index in [1.54, 1.807) is 4.68 Å². The molecular formula is C36H51N5O4. The van der Waals surface area contributed by atoms with E-state index in [9.17, 15) is 14.7 Å². The summed E-state index contributed by atoms with van der Waals surface area (Å²) in [6.45, 7) is 19.1. The van der Waals surface area contributed by atoms with Crippen LogP contribution >= 0.6 is 0 Å². The first-order valence-electron chi connectivity index (χ1n) is 16.9. The van der Waals surface area contributed by atoms with Gasteiger partial charge in [-0.1, -0.05) is 57.2 Å². The lowest BCUT2D eigenvalue weighted by Gasteiger charge is -2.61. The van der Waals surface area contributed by atoms with Crippen LogP contribution < -0.4 is 4.90 Å².